The first-order chi connectivity index (χ1) is 7.48. The quantitative estimate of drug-likeness (QED) is 0.830. The zero-order chi connectivity index (χ0) is 11.8. The zero-order valence-corrected chi connectivity index (χ0v) is 10.3. The van der Waals surface area contributed by atoms with E-state index in [9.17, 15) is 8.42 Å². The van der Waals surface area contributed by atoms with Gasteiger partial charge in [-0.05, 0) is 17.7 Å². The smallest absolute Gasteiger partial charge is 0.153 e. The Morgan fingerprint density at radius 1 is 1.31 bits per heavy atom. The Kier molecular flexibility index (Phi) is 3.21. The first-order valence-electron chi connectivity index (χ1n) is 4.91. The van der Waals surface area contributed by atoms with Crippen molar-refractivity contribution in [3.8, 4) is 0 Å². The molecule has 1 fully saturated rings. The molecule has 2 atom stereocenters. The molecule has 2 N–H and O–H groups in total. The summed E-state index contributed by atoms with van der Waals surface area (Å²) in [4.78, 5) is 0. The van der Waals surface area contributed by atoms with Gasteiger partial charge >= 0.3 is 0 Å². The van der Waals surface area contributed by atoms with Gasteiger partial charge in [0.25, 0.3) is 0 Å². The average Bonchev–Trinajstić information content (AvgIpc) is 2.66. The number of hydrogen-bond acceptors (Lipinski definition) is 4. The molecule has 6 heteroatoms. The van der Waals surface area contributed by atoms with Crippen molar-refractivity contribution in [2.24, 2.45) is 0 Å². The Bertz CT molecular complexity index is 472. The summed E-state index contributed by atoms with van der Waals surface area (Å²) >= 11 is 5.79. The molecule has 1 aliphatic rings. The van der Waals surface area contributed by atoms with Crippen LogP contribution in [0.5, 0.6) is 0 Å². The maximum Gasteiger partial charge on any atom is 0.153 e. The first kappa shape index (κ1) is 11.9. The van der Waals surface area contributed by atoms with Gasteiger partial charge in [-0.25, -0.2) is 13.8 Å². The minimum Gasteiger partial charge on any atom is -0.256 e. The summed E-state index contributed by atoms with van der Waals surface area (Å²) < 4.78 is 23.2. The van der Waals surface area contributed by atoms with Crippen molar-refractivity contribution in [3.63, 3.8) is 0 Å². The summed E-state index contributed by atoms with van der Waals surface area (Å²) in [5, 5.41) is 0.208. The molecule has 16 heavy (non-hydrogen) atoms. The summed E-state index contributed by atoms with van der Waals surface area (Å²) in [6, 6.07) is 6.98. The maximum absolute atomic E-state index is 11.6. The van der Waals surface area contributed by atoms with Crippen LogP contribution >= 0.6 is 11.6 Å². The van der Waals surface area contributed by atoms with Gasteiger partial charge in [-0.1, -0.05) is 23.7 Å². The third kappa shape index (κ3) is 2.38. The number of benzene rings is 1. The van der Waals surface area contributed by atoms with Crippen LogP contribution in [0.15, 0.2) is 24.3 Å². The fraction of sp³-hybridized carbons (Fsp3) is 0.400. The lowest BCUT2D eigenvalue weighted by Crippen LogP contribution is -2.29. The monoisotopic (exact) mass is 260 g/mol. The molecular formula is C10H13ClN2O2S. The number of hydrazine groups is 1. The maximum atomic E-state index is 11.6. The van der Waals surface area contributed by atoms with E-state index in [0.29, 0.717) is 11.6 Å². The van der Waals surface area contributed by atoms with Crippen LogP contribution in [-0.2, 0) is 9.84 Å². The van der Waals surface area contributed by atoms with Crippen LogP contribution in [0.2, 0.25) is 5.02 Å². The molecule has 1 saturated heterocycles. The average molecular weight is 261 g/mol. The minimum absolute atomic E-state index is 0.215. The second-order valence-electron chi connectivity index (χ2n) is 3.92. The second kappa shape index (κ2) is 4.33. The van der Waals surface area contributed by atoms with Crippen molar-refractivity contribution in [1.29, 1.82) is 0 Å². The number of halogens is 1. The van der Waals surface area contributed by atoms with Crippen LogP contribution in [0.3, 0.4) is 0 Å². The van der Waals surface area contributed by atoms with Crippen LogP contribution in [-0.4, -0.2) is 26.5 Å². The lowest BCUT2D eigenvalue weighted by atomic mass is 10.1. The normalized spacial score (nSPS) is 25.9. The molecule has 1 aromatic carbocycles. The topological polar surface area (TPSA) is 58.2 Å². The van der Waals surface area contributed by atoms with Crippen molar-refractivity contribution in [1.82, 2.24) is 10.9 Å². The Hall–Kier alpha value is -0.620. The summed E-state index contributed by atoms with van der Waals surface area (Å²) in [6.07, 6.45) is 1.26. The van der Waals surface area contributed by atoms with Crippen molar-refractivity contribution in [2.75, 3.05) is 12.8 Å². The highest BCUT2D eigenvalue weighted by Crippen LogP contribution is 2.25. The predicted octanol–water partition coefficient (Wildman–Crippen LogP) is 0.902. The molecule has 0 spiro atoms. The molecule has 1 aliphatic heterocycles. The van der Waals surface area contributed by atoms with Gasteiger partial charge in [0, 0.05) is 17.8 Å². The van der Waals surface area contributed by atoms with Gasteiger partial charge in [0.15, 0.2) is 9.84 Å². The van der Waals surface area contributed by atoms with Gasteiger partial charge in [0.05, 0.1) is 11.3 Å². The van der Waals surface area contributed by atoms with E-state index in [4.69, 9.17) is 11.6 Å². The molecule has 1 heterocycles. The fourth-order valence-corrected chi connectivity index (χ4v) is 3.08. The van der Waals surface area contributed by atoms with E-state index in [1.165, 1.54) is 6.26 Å². The van der Waals surface area contributed by atoms with E-state index in [1.54, 1.807) is 12.1 Å². The third-order valence-electron chi connectivity index (χ3n) is 2.71. The molecule has 0 radical (unpaired) electrons. The van der Waals surface area contributed by atoms with Gasteiger partial charge in [-0.2, -0.15) is 0 Å². The van der Waals surface area contributed by atoms with Crippen molar-refractivity contribution in [3.05, 3.63) is 34.9 Å². The highest BCUT2D eigenvalue weighted by Gasteiger charge is 2.35. The van der Waals surface area contributed by atoms with Crippen LogP contribution < -0.4 is 10.9 Å². The van der Waals surface area contributed by atoms with Gasteiger partial charge in [0.2, 0.25) is 0 Å². The summed E-state index contributed by atoms with van der Waals surface area (Å²) in [6.45, 7) is 0.423. The molecule has 0 amide bonds. The lowest BCUT2D eigenvalue weighted by Gasteiger charge is -2.17. The summed E-state index contributed by atoms with van der Waals surface area (Å²) in [7, 11) is -3.07. The highest BCUT2D eigenvalue weighted by molar-refractivity contribution is 7.91. The van der Waals surface area contributed by atoms with Gasteiger partial charge in [-0.15, -0.1) is 0 Å². The largest absolute Gasteiger partial charge is 0.256 e. The summed E-state index contributed by atoms with van der Waals surface area (Å²) in [5.74, 6) is 0. The molecule has 1 aromatic rings. The van der Waals surface area contributed by atoms with Crippen LogP contribution in [0.4, 0.5) is 0 Å². The second-order valence-corrected chi connectivity index (χ2v) is 6.62. The van der Waals surface area contributed by atoms with Crippen molar-refractivity contribution in [2.45, 2.75) is 11.3 Å². The molecule has 0 bridgehead atoms. The van der Waals surface area contributed by atoms with E-state index >= 15 is 0 Å². The Morgan fingerprint density at radius 2 is 1.94 bits per heavy atom. The molecule has 0 aromatic heterocycles. The van der Waals surface area contributed by atoms with E-state index in [-0.39, 0.29) is 6.04 Å². The van der Waals surface area contributed by atoms with Crippen LogP contribution in [0.25, 0.3) is 0 Å². The minimum atomic E-state index is -3.07. The van der Waals surface area contributed by atoms with Crippen molar-refractivity contribution < 1.29 is 8.42 Å². The number of rotatable bonds is 2. The SMILES string of the molecule is CS(=O)(=O)C1CNNC1c1ccc(Cl)cc1. The van der Waals surface area contributed by atoms with Gasteiger partial charge in [-0.3, -0.25) is 5.43 Å². The summed E-state index contributed by atoms with van der Waals surface area (Å²) in [5.41, 5.74) is 6.78. The number of nitrogens with one attached hydrogen (secondary N) is 2. The molecule has 2 unspecified atom stereocenters. The Morgan fingerprint density at radius 3 is 2.50 bits per heavy atom. The molecule has 4 nitrogen and oxygen atoms in total. The van der Waals surface area contributed by atoms with E-state index < -0.39 is 15.1 Å². The Labute approximate surface area is 99.9 Å². The van der Waals surface area contributed by atoms with E-state index in [2.05, 4.69) is 10.9 Å². The molecule has 0 aliphatic carbocycles. The molecule has 88 valence electrons. The zero-order valence-electron chi connectivity index (χ0n) is 8.77. The van der Waals surface area contributed by atoms with Crippen LogP contribution in [0.1, 0.15) is 11.6 Å². The third-order valence-corrected chi connectivity index (χ3v) is 4.50. The highest BCUT2D eigenvalue weighted by atomic mass is 35.5. The standard InChI is InChI=1S/C10H13ClN2O2S/c1-16(14,15)9-6-12-13-10(9)7-2-4-8(11)5-3-7/h2-5,9-10,12-13H,6H2,1H3. The molecule has 2 rings (SSSR count). The Balaban J connectivity index is 2.30. The molecule has 0 saturated carbocycles. The molecular weight excluding hydrogens is 248 g/mol. The van der Waals surface area contributed by atoms with E-state index in [1.807, 2.05) is 12.1 Å². The van der Waals surface area contributed by atoms with Crippen LogP contribution in [0, 0.1) is 0 Å². The predicted molar refractivity (Wildman–Crippen MR) is 64.0 cm³/mol. The number of sulfone groups is 1. The van der Waals surface area contributed by atoms with Crippen molar-refractivity contribution >= 4 is 21.4 Å². The van der Waals surface area contributed by atoms with Gasteiger partial charge in [0.1, 0.15) is 0 Å². The fourth-order valence-electron chi connectivity index (χ4n) is 1.85. The van der Waals surface area contributed by atoms with Gasteiger partial charge < -0.3 is 0 Å². The number of hydrogen-bond donors (Lipinski definition) is 2. The van der Waals surface area contributed by atoms with E-state index in [0.717, 1.165) is 5.56 Å². The first-order valence-corrected chi connectivity index (χ1v) is 7.24. The lowest BCUT2D eigenvalue weighted by molar-refractivity contribution is 0.557.